The smallest absolute Gasteiger partial charge is 0.251 e. The van der Waals surface area contributed by atoms with Crippen molar-refractivity contribution in [2.75, 3.05) is 27.2 Å². The molecule has 0 unspecified atom stereocenters. The summed E-state index contributed by atoms with van der Waals surface area (Å²) in [7, 11) is 0.183. The van der Waals surface area contributed by atoms with Crippen molar-refractivity contribution in [1.29, 1.82) is 0 Å². The van der Waals surface area contributed by atoms with Crippen LogP contribution >= 0.6 is 0 Å². The van der Waals surface area contributed by atoms with Crippen molar-refractivity contribution in [2.24, 2.45) is 0 Å². The van der Waals surface area contributed by atoms with Crippen LogP contribution in [0.1, 0.15) is 16.1 Å². The number of amides is 1. The second-order valence-corrected chi connectivity index (χ2v) is 7.50. The Morgan fingerprint density at radius 2 is 1.84 bits per heavy atom. The van der Waals surface area contributed by atoms with E-state index in [0.29, 0.717) is 17.8 Å². The molecule has 0 aliphatic rings. The summed E-state index contributed by atoms with van der Waals surface area (Å²) in [6, 6.07) is 11.1. The summed E-state index contributed by atoms with van der Waals surface area (Å²) in [6.45, 7) is 1.36. The molecule has 0 fully saturated rings. The first-order chi connectivity index (χ1) is 11.9. The predicted molar refractivity (Wildman–Crippen MR) is 95.6 cm³/mol. The van der Waals surface area contributed by atoms with E-state index in [9.17, 15) is 13.2 Å². The molecule has 1 heterocycles. The lowest BCUT2D eigenvalue weighted by molar-refractivity contribution is 0.0951. The van der Waals surface area contributed by atoms with E-state index in [4.69, 9.17) is 0 Å². The van der Waals surface area contributed by atoms with Gasteiger partial charge in [-0.05, 0) is 50.5 Å². The van der Waals surface area contributed by atoms with Gasteiger partial charge >= 0.3 is 0 Å². The van der Waals surface area contributed by atoms with Crippen LogP contribution in [-0.4, -0.2) is 51.4 Å². The average Bonchev–Trinajstić information content (AvgIpc) is 2.61. The molecule has 1 aromatic carbocycles. The summed E-state index contributed by atoms with van der Waals surface area (Å²) >= 11 is 0. The zero-order valence-corrected chi connectivity index (χ0v) is 15.1. The van der Waals surface area contributed by atoms with Crippen molar-refractivity contribution in [3.05, 3.63) is 59.9 Å². The van der Waals surface area contributed by atoms with E-state index in [1.165, 1.54) is 24.3 Å². The normalized spacial score (nSPS) is 11.5. The van der Waals surface area contributed by atoms with E-state index in [2.05, 4.69) is 15.0 Å². The largest absolute Gasteiger partial charge is 0.351 e. The third kappa shape index (κ3) is 5.93. The summed E-state index contributed by atoms with van der Waals surface area (Å²) in [5, 5.41) is 2.78. The number of nitrogens with zero attached hydrogens (tertiary/aromatic N) is 2. The maximum atomic E-state index is 12.3. The molecule has 2 aromatic rings. The minimum Gasteiger partial charge on any atom is -0.351 e. The number of carbonyl (C=O) groups is 1. The lowest BCUT2D eigenvalue weighted by atomic mass is 10.2. The molecule has 0 atom stereocenters. The lowest BCUT2D eigenvalue weighted by Gasteiger charge is -2.11. The van der Waals surface area contributed by atoms with E-state index >= 15 is 0 Å². The Kier molecular flexibility index (Phi) is 6.63. The van der Waals surface area contributed by atoms with Crippen molar-refractivity contribution < 1.29 is 13.2 Å². The van der Waals surface area contributed by atoms with Gasteiger partial charge in [0.1, 0.15) is 0 Å². The molecule has 0 saturated carbocycles. The van der Waals surface area contributed by atoms with Gasteiger partial charge in [-0.25, -0.2) is 13.1 Å². The number of sulfonamides is 1. The first-order valence-corrected chi connectivity index (χ1v) is 9.29. The van der Waals surface area contributed by atoms with Crippen LogP contribution in [-0.2, 0) is 16.6 Å². The van der Waals surface area contributed by atoms with Crippen LogP contribution in [0.3, 0.4) is 0 Å². The van der Waals surface area contributed by atoms with Crippen LogP contribution in [0.15, 0.2) is 53.6 Å². The van der Waals surface area contributed by atoms with Gasteiger partial charge in [-0.15, -0.1) is 0 Å². The molecule has 0 saturated heterocycles. The zero-order valence-electron chi connectivity index (χ0n) is 14.3. The van der Waals surface area contributed by atoms with Crippen molar-refractivity contribution in [3.8, 4) is 0 Å². The van der Waals surface area contributed by atoms with Crippen molar-refractivity contribution in [1.82, 2.24) is 19.9 Å². The average molecular weight is 362 g/mol. The molecule has 1 aromatic heterocycles. The topological polar surface area (TPSA) is 91.4 Å². The molecule has 8 heteroatoms. The van der Waals surface area contributed by atoms with E-state index < -0.39 is 10.0 Å². The van der Waals surface area contributed by atoms with Crippen LogP contribution in [0.5, 0.6) is 0 Å². The first kappa shape index (κ1) is 19.0. The Hall–Kier alpha value is -2.29. The van der Waals surface area contributed by atoms with Gasteiger partial charge in [0.25, 0.3) is 5.91 Å². The van der Waals surface area contributed by atoms with Crippen molar-refractivity contribution >= 4 is 15.9 Å². The molecule has 0 aliphatic heterocycles. The van der Waals surface area contributed by atoms with Gasteiger partial charge in [0, 0.05) is 24.8 Å². The summed E-state index contributed by atoms with van der Waals surface area (Å²) in [4.78, 5) is 18.1. The van der Waals surface area contributed by atoms with E-state index in [1.807, 2.05) is 19.0 Å². The van der Waals surface area contributed by atoms with E-state index in [-0.39, 0.29) is 17.3 Å². The number of carbonyl (C=O) groups excluding carboxylic acids is 1. The Balaban J connectivity index is 1.97. The fourth-order valence-corrected chi connectivity index (χ4v) is 3.03. The van der Waals surface area contributed by atoms with Crippen LogP contribution in [0, 0.1) is 0 Å². The summed E-state index contributed by atoms with van der Waals surface area (Å²) < 4.78 is 27.1. The third-order valence-electron chi connectivity index (χ3n) is 3.44. The van der Waals surface area contributed by atoms with Crippen LogP contribution in [0.2, 0.25) is 0 Å². The Morgan fingerprint density at radius 3 is 2.44 bits per heavy atom. The number of nitrogens with one attached hydrogen (secondary N) is 2. The number of rotatable bonds is 8. The van der Waals surface area contributed by atoms with Gasteiger partial charge in [-0.1, -0.05) is 6.07 Å². The fraction of sp³-hybridized carbons (Fsp3) is 0.294. The Bertz CT molecular complexity index is 790. The SMILES string of the molecule is CN(C)CCNC(=O)c1ccc(S(=O)(=O)NCc2ccccn2)cc1. The minimum atomic E-state index is -3.66. The highest BCUT2D eigenvalue weighted by Crippen LogP contribution is 2.11. The number of pyridine rings is 1. The molecule has 0 radical (unpaired) electrons. The fourth-order valence-electron chi connectivity index (χ4n) is 2.04. The highest BCUT2D eigenvalue weighted by atomic mass is 32.2. The summed E-state index contributed by atoms with van der Waals surface area (Å²) in [5.41, 5.74) is 1.05. The van der Waals surface area contributed by atoms with Gasteiger partial charge in [0.2, 0.25) is 10.0 Å². The number of likely N-dealkylation sites (N-methyl/N-ethyl adjacent to an activating group) is 1. The molecule has 1 amide bonds. The predicted octanol–water partition coefficient (Wildman–Crippen LogP) is 0.852. The summed E-state index contributed by atoms with van der Waals surface area (Å²) in [5.74, 6) is -0.229. The van der Waals surface area contributed by atoms with E-state index in [1.54, 1.807) is 24.4 Å². The number of hydrogen-bond acceptors (Lipinski definition) is 5. The van der Waals surface area contributed by atoms with Crippen molar-refractivity contribution in [2.45, 2.75) is 11.4 Å². The molecule has 25 heavy (non-hydrogen) atoms. The van der Waals surface area contributed by atoms with Gasteiger partial charge < -0.3 is 10.2 Å². The highest BCUT2D eigenvalue weighted by molar-refractivity contribution is 7.89. The molecule has 2 N–H and O–H groups in total. The monoisotopic (exact) mass is 362 g/mol. The van der Waals surface area contributed by atoms with Gasteiger partial charge in [-0.2, -0.15) is 0 Å². The number of benzene rings is 1. The highest BCUT2D eigenvalue weighted by Gasteiger charge is 2.15. The number of hydrogen-bond donors (Lipinski definition) is 2. The lowest BCUT2D eigenvalue weighted by Crippen LogP contribution is -2.31. The zero-order chi connectivity index (χ0) is 18.3. The quantitative estimate of drug-likeness (QED) is 0.726. The first-order valence-electron chi connectivity index (χ1n) is 7.81. The standard InChI is InChI=1S/C17H22N4O3S/c1-21(2)12-11-19-17(22)14-6-8-16(9-7-14)25(23,24)20-13-15-5-3-4-10-18-15/h3-10,20H,11-13H2,1-2H3,(H,19,22). The van der Waals surface area contributed by atoms with Gasteiger partial charge in [0.05, 0.1) is 17.1 Å². The van der Waals surface area contributed by atoms with Crippen LogP contribution in [0.25, 0.3) is 0 Å². The molecular formula is C17H22N4O3S. The second kappa shape index (κ2) is 8.70. The van der Waals surface area contributed by atoms with Crippen molar-refractivity contribution in [3.63, 3.8) is 0 Å². The second-order valence-electron chi connectivity index (χ2n) is 5.73. The van der Waals surface area contributed by atoms with Crippen LogP contribution in [0.4, 0.5) is 0 Å². The van der Waals surface area contributed by atoms with Gasteiger partial charge in [-0.3, -0.25) is 9.78 Å². The molecular weight excluding hydrogens is 340 g/mol. The van der Waals surface area contributed by atoms with E-state index in [0.717, 1.165) is 6.54 Å². The Labute approximate surface area is 148 Å². The maximum absolute atomic E-state index is 12.3. The summed E-state index contributed by atoms with van der Waals surface area (Å²) in [6.07, 6.45) is 1.60. The minimum absolute atomic E-state index is 0.105. The molecule has 0 spiro atoms. The Morgan fingerprint density at radius 1 is 1.12 bits per heavy atom. The van der Waals surface area contributed by atoms with Gasteiger partial charge in [0.15, 0.2) is 0 Å². The molecule has 0 bridgehead atoms. The molecule has 7 nitrogen and oxygen atoms in total. The molecule has 0 aliphatic carbocycles. The third-order valence-corrected chi connectivity index (χ3v) is 4.86. The maximum Gasteiger partial charge on any atom is 0.251 e. The van der Waals surface area contributed by atoms with Crippen LogP contribution < -0.4 is 10.0 Å². The number of aromatic nitrogens is 1. The molecule has 2 rings (SSSR count). The molecule has 134 valence electrons.